The summed E-state index contributed by atoms with van der Waals surface area (Å²) in [6.07, 6.45) is 4.82. The first-order valence-electron chi connectivity index (χ1n) is 8.90. The molecule has 6 heteroatoms. The average Bonchev–Trinajstić information content (AvgIpc) is 3.10. The van der Waals surface area contributed by atoms with Crippen molar-refractivity contribution in [3.8, 4) is 5.75 Å². The molecular weight excluding hydrogens is 429 g/mol. The van der Waals surface area contributed by atoms with Crippen LogP contribution in [0.3, 0.4) is 0 Å². The molecule has 1 aromatic carbocycles. The third-order valence-corrected chi connectivity index (χ3v) is 4.72. The summed E-state index contributed by atoms with van der Waals surface area (Å²) in [5.41, 5.74) is 1.37. The molecule has 25 heavy (non-hydrogen) atoms. The van der Waals surface area contributed by atoms with E-state index in [9.17, 15) is 0 Å². The number of nitrogens with zero attached hydrogens (tertiary/aromatic N) is 1. The van der Waals surface area contributed by atoms with Crippen LogP contribution >= 0.6 is 24.0 Å². The molecule has 0 bridgehead atoms. The molecule has 0 spiro atoms. The minimum atomic E-state index is 0. The van der Waals surface area contributed by atoms with Crippen molar-refractivity contribution >= 4 is 29.9 Å². The summed E-state index contributed by atoms with van der Waals surface area (Å²) in [6, 6.07) is 8.39. The van der Waals surface area contributed by atoms with Crippen molar-refractivity contribution in [2.45, 2.75) is 38.0 Å². The van der Waals surface area contributed by atoms with E-state index in [4.69, 9.17) is 14.5 Å². The van der Waals surface area contributed by atoms with E-state index >= 15 is 0 Å². The lowest BCUT2D eigenvalue weighted by Gasteiger charge is -2.30. The highest BCUT2D eigenvalue weighted by atomic mass is 127. The van der Waals surface area contributed by atoms with E-state index in [2.05, 4.69) is 35.8 Å². The maximum atomic E-state index is 5.62. The number of hydrogen-bond donors (Lipinski definition) is 2. The zero-order chi connectivity index (χ0) is 17.3. The molecule has 0 aromatic heterocycles. The fourth-order valence-electron chi connectivity index (χ4n) is 3.49. The van der Waals surface area contributed by atoms with Crippen LogP contribution in [0.25, 0.3) is 0 Å². The quantitative estimate of drug-likeness (QED) is 0.270. The Morgan fingerprint density at radius 2 is 1.88 bits per heavy atom. The number of nitrogens with one attached hydrogen (secondary N) is 2. The monoisotopic (exact) mass is 461 g/mol. The van der Waals surface area contributed by atoms with Gasteiger partial charge in [-0.05, 0) is 25.8 Å². The molecule has 1 aromatic rings. The second-order valence-electron chi connectivity index (χ2n) is 6.30. The average molecular weight is 461 g/mol. The largest absolute Gasteiger partial charge is 0.496 e. The number of benzene rings is 1. The first-order chi connectivity index (χ1) is 11.8. The van der Waals surface area contributed by atoms with Gasteiger partial charge >= 0.3 is 0 Å². The number of guanidine groups is 1. The summed E-state index contributed by atoms with van der Waals surface area (Å²) in [4.78, 5) is 4.87. The van der Waals surface area contributed by atoms with E-state index in [0.29, 0.717) is 6.61 Å². The van der Waals surface area contributed by atoms with Gasteiger partial charge in [0.05, 0.1) is 20.3 Å². The Kier molecular flexibility index (Phi) is 10.2. The molecule has 142 valence electrons. The molecule has 0 heterocycles. The van der Waals surface area contributed by atoms with E-state index < -0.39 is 0 Å². The molecule has 1 aliphatic rings. The van der Waals surface area contributed by atoms with Gasteiger partial charge in [-0.1, -0.05) is 31.0 Å². The number of rotatable bonds is 8. The van der Waals surface area contributed by atoms with E-state index in [0.717, 1.165) is 44.2 Å². The molecule has 1 saturated carbocycles. The number of methoxy groups -OCH3 is 2. The Morgan fingerprint density at radius 3 is 2.52 bits per heavy atom. The van der Waals surface area contributed by atoms with Crippen LogP contribution in [0.1, 0.15) is 38.2 Å². The van der Waals surface area contributed by atoms with E-state index in [1.54, 1.807) is 14.2 Å². The highest BCUT2D eigenvalue weighted by Crippen LogP contribution is 2.44. The summed E-state index contributed by atoms with van der Waals surface area (Å²) < 4.78 is 10.7. The van der Waals surface area contributed by atoms with Gasteiger partial charge in [-0.2, -0.15) is 0 Å². The van der Waals surface area contributed by atoms with Crippen molar-refractivity contribution in [2.75, 3.05) is 40.5 Å². The highest BCUT2D eigenvalue weighted by Gasteiger charge is 2.37. The molecule has 0 unspecified atom stereocenters. The molecule has 2 rings (SSSR count). The van der Waals surface area contributed by atoms with Gasteiger partial charge in [0.1, 0.15) is 5.75 Å². The predicted octanol–water partition coefficient (Wildman–Crippen LogP) is 3.33. The van der Waals surface area contributed by atoms with Gasteiger partial charge in [0.15, 0.2) is 5.96 Å². The van der Waals surface area contributed by atoms with Gasteiger partial charge in [0.25, 0.3) is 0 Å². The maximum Gasteiger partial charge on any atom is 0.191 e. The van der Waals surface area contributed by atoms with Gasteiger partial charge in [0.2, 0.25) is 0 Å². The predicted molar refractivity (Wildman–Crippen MR) is 114 cm³/mol. The fraction of sp³-hybridized carbons (Fsp3) is 0.632. The maximum absolute atomic E-state index is 5.62. The number of hydrogen-bond acceptors (Lipinski definition) is 3. The number of aliphatic imine (C=N–C) groups is 1. The third-order valence-electron chi connectivity index (χ3n) is 4.72. The van der Waals surface area contributed by atoms with Crippen LogP contribution in [-0.2, 0) is 10.2 Å². The lowest BCUT2D eigenvalue weighted by Crippen LogP contribution is -2.40. The Labute approximate surface area is 169 Å². The summed E-state index contributed by atoms with van der Waals surface area (Å²) in [5.74, 6) is 1.84. The van der Waals surface area contributed by atoms with Crippen LogP contribution in [0.15, 0.2) is 29.3 Å². The molecule has 0 atom stereocenters. The van der Waals surface area contributed by atoms with Crippen molar-refractivity contribution in [1.29, 1.82) is 0 Å². The molecule has 0 aliphatic heterocycles. The van der Waals surface area contributed by atoms with Crippen LogP contribution in [0.4, 0.5) is 0 Å². The summed E-state index contributed by atoms with van der Waals surface area (Å²) in [6.45, 7) is 5.13. The first-order valence-corrected chi connectivity index (χ1v) is 8.90. The van der Waals surface area contributed by atoms with Crippen molar-refractivity contribution in [3.05, 3.63) is 29.8 Å². The normalized spacial score (nSPS) is 16.2. The molecular formula is C19H32IN3O2. The van der Waals surface area contributed by atoms with E-state index in [1.165, 1.54) is 18.4 Å². The van der Waals surface area contributed by atoms with Crippen molar-refractivity contribution in [1.82, 2.24) is 10.6 Å². The minimum Gasteiger partial charge on any atom is -0.496 e. The zero-order valence-electron chi connectivity index (χ0n) is 15.6. The molecule has 1 fully saturated rings. The number of para-hydroxylation sites is 1. The molecule has 1 aliphatic carbocycles. The second-order valence-corrected chi connectivity index (χ2v) is 6.30. The van der Waals surface area contributed by atoms with Crippen LogP contribution in [0.5, 0.6) is 5.75 Å². The van der Waals surface area contributed by atoms with Crippen molar-refractivity contribution < 1.29 is 9.47 Å². The Bertz CT molecular complexity index is 531. The summed E-state index contributed by atoms with van der Waals surface area (Å²) in [7, 11) is 3.46. The van der Waals surface area contributed by atoms with Crippen LogP contribution < -0.4 is 15.4 Å². The lowest BCUT2D eigenvalue weighted by atomic mass is 9.78. The topological polar surface area (TPSA) is 54.9 Å². The van der Waals surface area contributed by atoms with Gasteiger partial charge < -0.3 is 20.1 Å². The molecule has 0 amide bonds. The SMILES string of the molecule is CCNC(=NCC1(c2ccccc2OC)CCCC1)NCCOC.I. The smallest absolute Gasteiger partial charge is 0.191 e. The minimum absolute atomic E-state index is 0. The van der Waals surface area contributed by atoms with Gasteiger partial charge in [0, 0.05) is 31.2 Å². The molecule has 0 saturated heterocycles. The van der Waals surface area contributed by atoms with Gasteiger partial charge in [-0.3, -0.25) is 4.99 Å². The number of halogens is 1. The lowest BCUT2D eigenvalue weighted by molar-refractivity contribution is 0.203. The van der Waals surface area contributed by atoms with Crippen molar-refractivity contribution in [3.63, 3.8) is 0 Å². The second kappa shape index (κ2) is 11.6. The van der Waals surface area contributed by atoms with Crippen LogP contribution in [0.2, 0.25) is 0 Å². The van der Waals surface area contributed by atoms with Crippen molar-refractivity contribution in [2.24, 2.45) is 4.99 Å². The third kappa shape index (κ3) is 6.02. The molecule has 5 nitrogen and oxygen atoms in total. The zero-order valence-corrected chi connectivity index (χ0v) is 18.0. The fourth-order valence-corrected chi connectivity index (χ4v) is 3.49. The molecule has 2 N–H and O–H groups in total. The highest BCUT2D eigenvalue weighted by molar-refractivity contribution is 14.0. The number of ether oxygens (including phenoxy) is 2. The van der Waals surface area contributed by atoms with E-state index in [1.807, 2.05) is 6.07 Å². The molecule has 0 radical (unpaired) electrons. The summed E-state index contributed by atoms with van der Waals surface area (Å²) >= 11 is 0. The summed E-state index contributed by atoms with van der Waals surface area (Å²) in [5, 5.41) is 6.64. The Balaban J connectivity index is 0.00000312. The van der Waals surface area contributed by atoms with Gasteiger partial charge in [-0.15, -0.1) is 24.0 Å². The van der Waals surface area contributed by atoms with Crippen LogP contribution in [-0.4, -0.2) is 46.4 Å². The first kappa shape index (κ1) is 22.0. The Hall–Kier alpha value is -1.02. The van der Waals surface area contributed by atoms with E-state index in [-0.39, 0.29) is 29.4 Å². The van der Waals surface area contributed by atoms with Crippen LogP contribution in [0, 0.1) is 0 Å². The van der Waals surface area contributed by atoms with Gasteiger partial charge in [-0.25, -0.2) is 0 Å². The standard InChI is InChI=1S/C19H31N3O2.HI/c1-4-20-18(21-13-14-23-2)22-15-19(11-7-8-12-19)16-9-5-6-10-17(16)24-3;/h5-6,9-10H,4,7-8,11-15H2,1-3H3,(H2,20,21,22);1H. The Morgan fingerprint density at radius 1 is 1.16 bits per heavy atom.